The molecule has 1 heterocycles. The lowest BCUT2D eigenvalue weighted by Crippen LogP contribution is -2.06. The van der Waals surface area contributed by atoms with Gasteiger partial charge in [-0.15, -0.1) is 0 Å². The molecule has 0 fully saturated rings. The molecule has 1 aromatic heterocycles. The fourth-order valence-electron chi connectivity index (χ4n) is 7.48. The molecule has 0 unspecified atom stereocenters. The molecule has 0 saturated carbocycles. The number of benzene rings is 6. The van der Waals surface area contributed by atoms with Crippen LogP contribution in [0.1, 0.15) is 66.8 Å². The van der Waals surface area contributed by atoms with Crippen molar-refractivity contribution in [1.82, 2.24) is 0 Å². The first-order chi connectivity index (χ1) is 26.6. The molecule has 56 heavy (non-hydrogen) atoms. The quantitative estimate of drug-likeness (QED) is 0.136. The Labute approximate surface area is 333 Å². The molecule has 0 N–H and O–H groups in total. The molecule has 0 aliphatic carbocycles. The van der Waals surface area contributed by atoms with Crippen LogP contribution in [0.4, 0.5) is 0 Å². The fraction of sp³-hybridized carbons (Fsp3) is 0.250. The molecule has 7 aromatic rings. The monoisotopic (exact) mass is 784 g/mol. The van der Waals surface area contributed by atoms with E-state index in [9.17, 15) is 0 Å². The van der Waals surface area contributed by atoms with E-state index in [1.807, 2.05) is 38.1 Å². The van der Waals surface area contributed by atoms with E-state index >= 15 is 0 Å². The summed E-state index contributed by atoms with van der Waals surface area (Å²) < 4.78 is 40.8. The van der Waals surface area contributed by atoms with Crippen molar-refractivity contribution in [2.24, 2.45) is 0 Å². The first-order valence-electron chi connectivity index (χ1n) is 18.9. The minimum Gasteiger partial charge on any atom is -0.408 e. The maximum absolute atomic E-state index is 6.98. The van der Waals surface area contributed by atoms with Crippen molar-refractivity contribution in [2.75, 3.05) is 0 Å². The van der Waals surface area contributed by atoms with Gasteiger partial charge in [-0.2, -0.15) is 0 Å². The van der Waals surface area contributed by atoms with E-state index in [4.69, 9.17) is 26.5 Å². The van der Waals surface area contributed by atoms with Gasteiger partial charge < -0.3 is 26.5 Å². The zero-order valence-corrected chi connectivity index (χ0v) is 36.2. The fourth-order valence-corrected chi connectivity index (χ4v) is 10.00. The molecule has 0 bridgehead atoms. The maximum atomic E-state index is 6.98. The van der Waals surface area contributed by atoms with E-state index in [-0.39, 0.29) is 0 Å². The van der Waals surface area contributed by atoms with Gasteiger partial charge in [-0.3, -0.25) is 0 Å². The Bertz CT molecular complexity index is 2570. The van der Waals surface area contributed by atoms with Crippen LogP contribution in [0.3, 0.4) is 0 Å². The number of aryl methyl sites for hydroxylation is 12. The van der Waals surface area contributed by atoms with Crippen LogP contribution in [-0.2, 0) is 0 Å². The van der Waals surface area contributed by atoms with Crippen molar-refractivity contribution >= 4 is 38.8 Å². The minimum atomic E-state index is -1.98. The predicted octanol–water partition coefficient (Wildman–Crippen LogP) is 15.3. The van der Waals surface area contributed by atoms with E-state index in [0.717, 1.165) is 99.8 Å². The molecule has 0 spiro atoms. The average Bonchev–Trinajstić information content (AvgIpc) is 3.26. The van der Waals surface area contributed by atoms with Gasteiger partial charge in [0.25, 0.3) is 0 Å². The number of fused-ring (bicyclic) bond motifs is 3. The van der Waals surface area contributed by atoms with Crippen LogP contribution in [0.15, 0.2) is 93.3 Å². The molecule has 0 aliphatic heterocycles. The van der Waals surface area contributed by atoms with E-state index < -0.39 is 16.8 Å². The van der Waals surface area contributed by atoms with Gasteiger partial charge in [-0.1, -0.05) is 59.7 Å². The second-order valence-electron chi connectivity index (χ2n) is 15.4. The summed E-state index contributed by atoms with van der Waals surface area (Å²) in [7, 11) is -3.91. The molecule has 6 aromatic carbocycles. The minimum absolute atomic E-state index is 0.648. The van der Waals surface area contributed by atoms with Crippen LogP contribution in [-0.4, -0.2) is 0 Å². The Balaban J connectivity index is 1.39. The molecule has 0 saturated heterocycles. The normalized spacial score (nSPS) is 11.4. The van der Waals surface area contributed by atoms with E-state index in [2.05, 4.69) is 130 Å². The number of hydrogen-bond acceptors (Lipinski definition) is 6. The van der Waals surface area contributed by atoms with Gasteiger partial charge in [-0.05, 0) is 175 Å². The largest absolute Gasteiger partial charge is 0.530 e. The van der Waals surface area contributed by atoms with Crippen molar-refractivity contribution in [2.45, 2.75) is 83.1 Å². The van der Waals surface area contributed by atoms with Crippen LogP contribution < -0.4 is 18.1 Å². The highest BCUT2D eigenvalue weighted by molar-refractivity contribution is 7.43. The summed E-state index contributed by atoms with van der Waals surface area (Å²) in [6.07, 6.45) is 0. The third-order valence-corrected chi connectivity index (χ3v) is 11.9. The molecule has 288 valence electrons. The maximum Gasteiger partial charge on any atom is 0.530 e. The smallest absolute Gasteiger partial charge is 0.408 e. The van der Waals surface area contributed by atoms with Crippen LogP contribution in [0, 0.1) is 83.1 Å². The Hall–Kier alpha value is -5.15. The Morgan fingerprint density at radius 3 is 1.25 bits per heavy atom. The summed E-state index contributed by atoms with van der Waals surface area (Å²) in [6, 6.07) is 29.4. The highest BCUT2D eigenvalue weighted by atomic mass is 31.2. The molecule has 7 rings (SSSR count). The molecular weight excluding hydrogens is 734 g/mol. The summed E-state index contributed by atoms with van der Waals surface area (Å²) in [5.41, 5.74) is 16.0. The molecule has 0 radical (unpaired) electrons. The lowest BCUT2D eigenvalue weighted by Gasteiger charge is -2.23. The van der Waals surface area contributed by atoms with Gasteiger partial charge in [0, 0.05) is 21.9 Å². The summed E-state index contributed by atoms with van der Waals surface area (Å²) >= 11 is 0. The first-order valence-corrected chi connectivity index (χ1v) is 21.1. The molecular formula is C48H50O6P2. The number of rotatable bonds is 9. The summed E-state index contributed by atoms with van der Waals surface area (Å²) in [5, 5.41) is 2.01. The average molecular weight is 785 g/mol. The predicted molar refractivity (Wildman–Crippen MR) is 233 cm³/mol. The molecule has 0 amide bonds. The van der Waals surface area contributed by atoms with Crippen LogP contribution in [0.2, 0.25) is 0 Å². The first kappa shape index (κ1) is 39.1. The van der Waals surface area contributed by atoms with Gasteiger partial charge in [0.05, 0.1) is 0 Å². The van der Waals surface area contributed by atoms with Gasteiger partial charge in [0.1, 0.15) is 34.2 Å². The van der Waals surface area contributed by atoms with Crippen molar-refractivity contribution < 1.29 is 26.5 Å². The van der Waals surface area contributed by atoms with E-state index in [1.165, 1.54) is 0 Å². The summed E-state index contributed by atoms with van der Waals surface area (Å²) in [4.78, 5) is 0. The topological polar surface area (TPSA) is 63.2 Å². The highest BCUT2D eigenvalue weighted by Gasteiger charge is 2.27. The lowest BCUT2D eigenvalue weighted by molar-refractivity contribution is 0.385. The van der Waals surface area contributed by atoms with Crippen molar-refractivity contribution in [1.29, 1.82) is 0 Å². The van der Waals surface area contributed by atoms with Gasteiger partial charge in [-0.25, -0.2) is 0 Å². The van der Waals surface area contributed by atoms with Gasteiger partial charge >= 0.3 is 16.8 Å². The Morgan fingerprint density at radius 2 is 0.786 bits per heavy atom. The van der Waals surface area contributed by atoms with Gasteiger partial charge in [0.2, 0.25) is 0 Å². The molecule has 6 nitrogen and oxygen atoms in total. The van der Waals surface area contributed by atoms with Crippen LogP contribution >= 0.6 is 16.8 Å². The van der Waals surface area contributed by atoms with Crippen LogP contribution in [0.25, 0.3) is 33.1 Å². The Kier molecular flexibility index (Phi) is 11.0. The van der Waals surface area contributed by atoms with Crippen molar-refractivity contribution in [3.05, 3.63) is 152 Å². The molecule has 0 aliphatic rings. The number of hydrogen-bond donors (Lipinski definition) is 0. The highest BCUT2D eigenvalue weighted by Crippen LogP contribution is 2.51. The second kappa shape index (κ2) is 15.8. The standard InChI is InChI=1S/C48H50O6P2/c1-27-13-15-43(33(7)17-27)49-55(50-44-16-14-28(2)18-34(44)8)51-45-35(9)19-29(3)23-39(45)40-24-30(4)20-36(10)46(40)52-56-53-47-37(11)21-31(5)25-41(47)42-26-32(6)22-38(12)48(42)54-56/h13-26H,1-12H3. The third-order valence-electron chi connectivity index (χ3n) is 9.93. The SMILES string of the molecule is Cc1ccc(OP(Oc2ccc(C)cc2C)Oc2c(C)cc(C)cc2-c2cc(C)cc(C)c2Op2oc3c(C)cc(C)cc3c3cc(C)cc(C)c3o2)c(C)c1. The molecule has 0 atom stereocenters. The van der Waals surface area contributed by atoms with E-state index in [0.29, 0.717) is 23.0 Å². The zero-order chi connectivity index (χ0) is 40.0. The van der Waals surface area contributed by atoms with Gasteiger partial charge in [0.15, 0.2) is 0 Å². The van der Waals surface area contributed by atoms with Crippen molar-refractivity contribution in [3.63, 3.8) is 0 Å². The van der Waals surface area contributed by atoms with Crippen molar-refractivity contribution in [3.8, 4) is 34.1 Å². The van der Waals surface area contributed by atoms with E-state index in [1.54, 1.807) is 0 Å². The summed E-state index contributed by atoms with van der Waals surface area (Å²) in [5.74, 6) is 2.71. The Morgan fingerprint density at radius 1 is 0.393 bits per heavy atom. The lowest BCUT2D eigenvalue weighted by atomic mass is 9.95. The third kappa shape index (κ3) is 8.19. The second-order valence-corrected chi connectivity index (χ2v) is 17.4. The zero-order valence-electron chi connectivity index (χ0n) is 34.4. The molecule has 8 heteroatoms. The van der Waals surface area contributed by atoms with Crippen LogP contribution in [0.5, 0.6) is 23.0 Å². The summed E-state index contributed by atoms with van der Waals surface area (Å²) in [6.45, 7) is 24.9.